The van der Waals surface area contributed by atoms with Gasteiger partial charge in [0.25, 0.3) is 0 Å². The molecular weight excluding hydrogens is 452 g/mol. The summed E-state index contributed by atoms with van der Waals surface area (Å²) in [6, 6.07) is -6.53. The molecule has 186 valence electrons. The molecule has 0 heterocycles. The molecule has 0 bridgehead atoms. The van der Waals surface area contributed by atoms with Crippen molar-refractivity contribution in [2.24, 2.45) is 5.73 Å². The summed E-state index contributed by atoms with van der Waals surface area (Å²) in [5, 5.41) is 50.5. The van der Waals surface area contributed by atoms with Gasteiger partial charge in [-0.25, -0.2) is 4.79 Å². The molecule has 0 fully saturated rings. The summed E-state index contributed by atoms with van der Waals surface area (Å²) in [4.78, 5) is 80.0. The number of carboxylic acid groups (broad SMARTS) is 4. The van der Waals surface area contributed by atoms with Crippen molar-refractivity contribution >= 4 is 41.6 Å². The highest BCUT2D eigenvalue weighted by Gasteiger charge is 2.31. The summed E-state index contributed by atoms with van der Waals surface area (Å²) in [5.41, 5.74) is 5.54. The van der Waals surface area contributed by atoms with Crippen LogP contribution in [-0.2, 0) is 33.6 Å². The molecule has 0 saturated heterocycles. The highest BCUT2D eigenvalue weighted by Crippen LogP contribution is 2.03. The van der Waals surface area contributed by atoms with E-state index in [0.717, 1.165) is 0 Å². The Labute approximate surface area is 186 Å². The van der Waals surface area contributed by atoms with Crippen LogP contribution in [0.5, 0.6) is 0 Å². The van der Waals surface area contributed by atoms with Crippen LogP contribution in [0.25, 0.3) is 0 Å². The van der Waals surface area contributed by atoms with Crippen LogP contribution in [0, 0.1) is 0 Å². The quantitative estimate of drug-likeness (QED) is 0.102. The fourth-order valence-electron chi connectivity index (χ4n) is 2.34. The van der Waals surface area contributed by atoms with Crippen molar-refractivity contribution < 1.29 is 59.1 Å². The van der Waals surface area contributed by atoms with Crippen molar-refractivity contribution in [3.63, 3.8) is 0 Å². The van der Waals surface area contributed by atoms with Crippen molar-refractivity contribution in [3.05, 3.63) is 0 Å². The lowest BCUT2D eigenvalue weighted by molar-refractivity contribution is -0.147. The first-order valence-corrected chi connectivity index (χ1v) is 9.44. The molecule has 0 aliphatic heterocycles. The van der Waals surface area contributed by atoms with Crippen LogP contribution in [0.1, 0.15) is 32.1 Å². The fraction of sp³-hybridized carbons (Fsp3) is 0.588. The van der Waals surface area contributed by atoms with E-state index in [0.29, 0.717) is 0 Å². The second kappa shape index (κ2) is 14.3. The molecule has 0 aliphatic rings. The summed E-state index contributed by atoms with van der Waals surface area (Å²) < 4.78 is 0. The molecule has 0 rings (SSSR count). The number of amides is 3. The Morgan fingerprint density at radius 2 is 1.09 bits per heavy atom. The number of aliphatic carboxylic acids is 4. The van der Waals surface area contributed by atoms with Gasteiger partial charge in [0.05, 0.1) is 19.1 Å². The van der Waals surface area contributed by atoms with E-state index in [1.54, 1.807) is 0 Å². The summed E-state index contributed by atoms with van der Waals surface area (Å²) in [5.74, 6) is -9.13. The molecule has 4 atom stereocenters. The predicted molar refractivity (Wildman–Crippen MR) is 104 cm³/mol. The van der Waals surface area contributed by atoms with Gasteiger partial charge in [0, 0.05) is 12.8 Å². The summed E-state index contributed by atoms with van der Waals surface area (Å²) in [7, 11) is 0. The number of hydrogen-bond acceptors (Lipinski definition) is 9. The number of carbonyl (C=O) groups is 7. The van der Waals surface area contributed by atoms with Gasteiger partial charge in [0.15, 0.2) is 0 Å². The maximum absolute atomic E-state index is 12.5. The molecule has 0 aromatic heterocycles. The minimum Gasteiger partial charge on any atom is -0.481 e. The number of carboxylic acids is 4. The Hall–Kier alpha value is -3.79. The van der Waals surface area contributed by atoms with E-state index in [2.05, 4.69) is 5.32 Å². The number of hydrogen-bond donors (Lipinski definition) is 9. The van der Waals surface area contributed by atoms with E-state index in [1.807, 2.05) is 10.6 Å². The van der Waals surface area contributed by atoms with Crippen LogP contribution in [0.4, 0.5) is 0 Å². The Balaban J connectivity index is 5.31. The molecular formula is C17H26N4O12. The molecule has 16 nitrogen and oxygen atoms in total. The van der Waals surface area contributed by atoms with Gasteiger partial charge in [-0.1, -0.05) is 0 Å². The lowest BCUT2D eigenvalue weighted by atomic mass is 10.1. The number of nitrogens with two attached hydrogens (primary N) is 1. The smallest absolute Gasteiger partial charge is 0.326 e. The second-order valence-corrected chi connectivity index (χ2v) is 6.77. The van der Waals surface area contributed by atoms with Gasteiger partial charge in [0.1, 0.15) is 18.1 Å². The molecule has 4 unspecified atom stereocenters. The molecule has 33 heavy (non-hydrogen) atoms. The standard InChI is InChI=1S/C17H26N4O12/c18-7(1-3-11(23)24)14(29)19-8(2-4-12(25)26)15(30)21-10(6-22)16(31)20-9(17(32)33)5-13(27)28/h7-10,22H,1-6,18H2,(H,19,29)(H,20,31)(H,21,30)(H,23,24)(H,25,26)(H,27,28)(H,32,33). The van der Waals surface area contributed by atoms with E-state index in [9.17, 15) is 38.7 Å². The predicted octanol–water partition coefficient (Wildman–Crippen LogP) is -3.95. The lowest BCUT2D eigenvalue weighted by Gasteiger charge is -2.23. The Kier molecular flexibility index (Phi) is 12.7. The maximum Gasteiger partial charge on any atom is 0.326 e. The molecule has 0 aliphatic carbocycles. The van der Waals surface area contributed by atoms with Crippen LogP contribution in [0.15, 0.2) is 0 Å². The largest absolute Gasteiger partial charge is 0.481 e. The second-order valence-electron chi connectivity index (χ2n) is 6.77. The summed E-state index contributed by atoms with van der Waals surface area (Å²) >= 11 is 0. The third-order valence-electron chi connectivity index (χ3n) is 4.09. The maximum atomic E-state index is 12.5. The average molecular weight is 478 g/mol. The van der Waals surface area contributed by atoms with Crippen molar-refractivity contribution in [1.29, 1.82) is 0 Å². The van der Waals surface area contributed by atoms with Crippen molar-refractivity contribution in [2.45, 2.75) is 56.3 Å². The number of carbonyl (C=O) groups excluding carboxylic acids is 3. The number of rotatable bonds is 16. The van der Waals surface area contributed by atoms with Gasteiger partial charge < -0.3 is 47.2 Å². The van der Waals surface area contributed by atoms with Crippen LogP contribution in [0.3, 0.4) is 0 Å². The third kappa shape index (κ3) is 12.0. The average Bonchev–Trinajstić information content (AvgIpc) is 2.71. The Morgan fingerprint density at radius 1 is 0.636 bits per heavy atom. The third-order valence-corrected chi connectivity index (χ3v) is 4.09. The van der Waals surface area contributed by atoms with Gasteiger partial charge in [-0.05, 0) is 12.8 Å². The Morgan fingerprint density at radius 3 is 1.55 bits per heavy atom. The van der Waals surface area contributed by atoms with Gasteiger partial charge in [-0.2, -0.15) is 0 Å². The van der Waals surface area contributed by atoms with Gasteiger partial charge >= 0.3 is 23.9 Å². The first-order valence-electron chi connectivity index (χ1n) is 9.44. The molecule has 0 saturated carbocycles. The van der Waals surface area contributed by atoms with Crippen LogP contribution in [0.2, 0.25) is 0 Å². The van der Waals surface area contributed by atoms with Gasteiger partial charge in [-0.3, -0.25) is 28.8 Å². The molecule has 10 N–H and O–H groups in total. The number of aliphatic hydroxyl groups is 1. The zero-order valence-electron chi connectivity index (χ0n) is 17.2. The first kappa shape index (κ1) is 29.2. The van der Waals surface area contributed by atoms with Gasteiger partial charge in [-0.15, -0.1) is 0 Å². The summed E-state index contributed by atoms with van der Waals surface area (Å²) in [6.07, 6.45) is -2.78. The zero-order valence-corrected chi connectivity index (χ0v) is 17.2. The fourth-order valence-corrected chi connectivity index (χ4v) is 2.34. The van der Waals surface area contributed by atoms with E-state index < -0.39 is 98.1 Å². The van der Waals surface area contributed by atoms with Crippen molar-refractivity contribution in [2.75, 3.05) is 6.61 Å². The number of aliphatic hydroxyl groups excluding tert-OH is 1. The van der Waals surface area contributed by atoms with Crippen molar-refractivity contribution in [3.8, 4) is 0 Å². The molecule has 0 spiro atoms. The first-order chi connectivity index (χ1) is 15.3. The molecule has 0 radical (unpaired) electrons. The molecule has 3 amide bonds. The topological polar surface area (TPSA) is 283 Å². The molecule has 16 heteroatoms. The van der Waals surface area contributed by atoms with Crippen LogP contribution in [-0.4, -0.2) is 97.9 Å². The van der Waals surface area contributed by atoms with E-state index >= 15 is 0 Å². The lowest BCUT2D eigenvalue weighted by Crippen LogP contribution is -2.58. The van der Waals surface area contributed by atoms with Crippen molar-refractivity contribution in [1.82, 2.24) is 16.0 Å². The normalized spacial score (nSPS) is 14.1. The molecule has 0 aromatic rings. The monoisotopic (exact) mass is 478 g/mol. The van der Waals surface area contributed by atoms with Crippen LogP contribution >= 0.6 is 0 Å². The van der Waals surface area contributed by atoms with Crippen LogP contribution < -0.4 is 21.7 Å². The number of nitrogens with one attached hydrogen (secondary N) is 3. The highest BCUT2D eigenvalue weighted by molar-refractivity contribution is 5.95. The SMILES string of the molecule is NC(CCC(=O)O)C(=O)NC(CCC(=O)O)C(=O)NC(CO)C(=O)NC(CC(=O)O)C(=O)O. The van der Waals surface area contributed by atoms with E-state index in [4.69, 9.17) is 26.2 Å². The zero-order chi connectivity index (χ0) is 25.7. The minimum absolute atomic E-state index is 0.281. The summed E-state index contributed by atoms with van der Waals surface area (Å²) in [6.45, 7) is -1.05. The van der Waals surface area contributed by atoms with E-state index in [-0.39, 0.29) is 6.42 Å². The highest BCUT2D eigenvalue weighted by atomic mass is 16.4. The van der Waals surface area contributed by atoms with Gasteiger partial charge in [0.2, 0.25) is 17.7 Å². The van der Waals surface area contributed by atoms with E-state index in [1.165, 1.54) is 0 Å². The molecule has 0 aromatic carbocycles. The minimum atomic E-state index is -1.87. The Bertz CT molecular complexity index is 771.